The van der Waals surface area contributed by atoms with Crippen LogP contribution in [0.15, 0.2) is 23.8 Å². The molecule has 0 bridgehead atoms. The fourth-order valence-corrected chi connectivity index (χ4v) is 1.46. The quantitative estimate of drug-likeness (QED) is 0.570. The molecule has 0 aromatic carbocycles. The Labute approximate surface area is 93.2 Å². The highest BCUT2D eigenvalue weighted by Gasteiger charge is 2.22. The number of carbonyl (C=O) groups excluding carboxylic acids is 2. The van der Waals surface area contributed by atoms with E-state index in [1.807, 2.05) is 18.2 Å². The minimum absolute atomic E-state index is 0.201. The molecule has 1 aliphatic rings. The fourth-order valence-electron chi connectivity index (χ4n) is 1.38. The first-order valence-corrected chi connectivity index (χ1v) is 5.13. The first-order chi connectivity index (χ1) is 7.15. The summed E-state index contributed by atoms with van der Waals surface area (Å²) in [5, 5.41) is 2.43. The zero-order chi connectivity index (χ0) is 11.3. The van der Waals surface area contributed by atoms with Gasteiger partial charge in [-0.1, -0.05) is 18.2 Å². The van der Waals surface area contributed by atoms with Crippen LogP contribution in [0.2, 0.25) is 0 Å². The summed E-state index contributed by atoms with van der Waals surface area (Å²) < 4.78 is 0. The van der Waals surface area contributed by atoms with Crippen LogP contribution in [0.25, 0.3) is 0 Å². The summed E-state index contributed by atoms with van der Waals surface area (Å²) in [4.78, 5) is 22.1. The molecule has 2 amide bonds. The first kappa shape index (κ1) is 11.8. The van der Waals surface area contributed by atoms with Gasteiger partial charge < -0.3 is 5.32 Å². The van der Waals surface area contributed by atoms with Crippen molar-refractivity contribution < 1.29 is 9.59 Å². The number of allylic oxidation sites excluding steroid dienone is 3. The van der Waals surface area contributed by atoms with Crippen molar-refractivity contribution in [2.45, 2.75) is 18.9 Å². The van der Waals surface area contributed by atoms with E-state index in [0.29, 0.717) is 6.42 Å². The van der Waals surface area contributed by atoms with Crippen molar-refractivity contribution in [2.24, 2.45) is 0 Å². The lowest BCUT2D eigenvalue weighted by Crippen LogP contribution is -2.43. The maximum absolute atomic E-state index is 11.0. The second-order valence-electron chi connectivity index (χ2n) is 3.19. The van der Waals surface area contributed by atoms with Crippen LogP contribution in [-0.2, 0) is 9.59 Å². The lowest BCUT2D eigenvalue weighted by Gasteiger charge is -2.18. The Bertz CT molecular complexity index is 323. The minimum atomic E-state index is -0.846. The SMILES string of the molecule is [NH]C(=O)C(NC(=O)CCl)C1=CCC=CC1. The second kappa shape index (κ2) is 5.56. The molecule has 0 aliphatic heterocycles. The van der Waals surface area contributed by atoms with Gasteiger partial charge in [-0.3, -0.25) is 15.3 Å². The maximum atomic E-state index is 11.0. The highest BCUT2D eigenvalue weighted by molar-refractivity contribution is 6.27. The van der Waals surface area contributed by atoms with Crippen LogP contribution in [0.3, 0.4) is 0 Å². The Morgan fingerprint density at radius 2 is 2.27 bits per heavy atom. The molecule has 1 atom stereocenters. The highest BCUT2D eigenvalue weighted by atomic mass is 35.5. The predicted octanol–water partition coefficient (Wildman–Crippen LogP) is 0.796. The Hall–Kier alpha value is -1.29. The Kier molecular flexibility index (Phi) is 4.37. The topological polar surface area (TPSA) is 70.0 Å². The van der Waals surface area contributed by atoms with Crippen LogP contribution >= 0.6 is 11.6 Å². The van der Waals surface area contributed by atoms with E-state index in [1.165, 1.54) is 0 Å². The van der Waals surface area contributed by atoms with Crippen molar-refractivity contribution in [3.8, 4) is 0 Å². The Morgan fingerprint density at radius 1 is 1.53 bits per heavy atom. The zero-order valence-corrected chi connectivity index (χ0v) is 8.88. The summed E-state index contributed by atoms with van der Waals surface area (Å²) in [5.74, 6) is -1.44. The van der Waals surface area contributed by atoms with Gasteiger partial charge >= 0.3 is 0 Å². The van der Waals surface area contributed by atoms with Crippen LogP contribution in [0.4, 0.5) is 0 Å². The summed E-state index contributed by atoms with van der Waals surface area (Å²) in [5.41, 5.74) is 7.84. The van der Waals surface area contributed by atoms with Gasteiger partial charge in [-0.05, 0) is 18.4 Å². The van der Waals surface area contributed by atoms with E-state index in [4.69, 9.17) is 17.3 Å². The van der Waals surface area contributed by atoms with Crippen molar-refractivity contribution in [3.05, 3.63) is 23.8 Å². The third-order valence-electron chi connectivity index (χ3n) is 2.10. The highest BCUT2D eigenvalue weighted by Crippen LogP contribution is 2.15. The maximum Gasteiger partial charge on any atom is 0.265 e. The third kappa shape index (κ3) is 3.40. The molecule has 0 aromatic heterocycles. The molecule has 1 aliphatic carbocycles. The number of halogens is 1. The van der Waals surface area contributed by atoms with Gasteiger partial charge in [-0.15, -0.1) is 11.6 Å². The second-order valence-corrected chi connectivity index (χ2v) is 3.46. The molecule has 0 spiro atoms. The summed E-state index contributed by atoms with van der Waals surface area (Å²) in [6.45, 7) is 0. The largest absolute Gasteiger partial charge is 0.340 e. The summed E-state index contributed by atoms with van der Waals surface area (Å²) in [6, 6.07) is -0.846. The lowest BCUT2D eigenvalue weighted by atomic mass is 9.98. The van der Waals surface area contributed by atoms with Gasteiger partial charge in [0.2, 0.25) is 5.91 Å². The van der Waals surface area contributed by atoms with Gasteiger partial charge in [0.15, 0.2) is 0 Å². The van der Waals surface area contributed by atoms with Crippen molar-refractivity contribution >= 4 is 23.4 Å². The van der Waals surface area contributed by atoms with Crippen molar-refractivity contribution in [3.63, 3.8) is 0 Å². The number of amides is 2. The normalized spacial score (nSPS) is 16.7. The number of rotatable bonds is 4. The van der Waals surface area contributed by atoms with Gasteiger partial charge in [-0.25, -0.2) is 0 Å². The number of alkyl halides is 1. The predicted molar refractivity (Wildman–Crippen MR) is 57.2 cm³/mol. The minimum Gasteiger partial charge on any atom is -0.340 e. The van der Waals surface area contributed by atoms with Crippen LogP contribution in [0, 0.1) is 0 Å². The van der Waals surface area contributed by atoms with Gasteiger partial charge in [-0.2, -0.15) is 0 Å². The van der Waals surface area contributed by atoms with E-state index in [-0.39, 0.29) is 5.88 Å². The molecule has 0 heterocycles. The molecular weight excluding hydrogens is 216 g/mol. The van der Waals surface area contributed by atoms with Crippen LogP contribution in [0.5, 0.6) is 0 Å². The number of carbonyl (C=O) groups is 2. The van der Waals surface area contributed by atoms with Crippen molar-refractivity contribution in [2.75, 3.05) is 5.88 Å². The molecular formula is C10H12ClN2O2. The number of hydrogen-bond donors (Lipinski definition) is 1. The summed E-state index contributed by atoms with van der Waals surface area (Å²) >= 11 is 5.32. The van der Waals surface area contributed by atoms with E-state index in [0.717, 1.165) is 12.0 Å². The van der Waals surface area contributed by atoms with E-state index in [1.54, 1.807) is 0 Å². The molecule has 15 heavy (non-hydrogen) atoms. The van der Waals surface area contributed by atoms with Gasteiger partial charge in [0.05, 0.1) is 0 Å². The number of nitrogens with one attached hydrogen (secondary N) is 2. The van der Waals surface area contributed by atoms with Crippen molar-refractivity contribution in [1.82, 2.24) is 11.1 Å². The monoisotopic (exact) mass is 227 g/mol. The van der Waals surface area contributed by atoms with E-state index >= 15 is 0 Å². The molecule has 1 unspecified atom stereocenters. The molecule has 81 valence electrons. The molecule has 1 rings (SSSR count). The Morgan fingerprint density at radius 3 is 2.73 bits per heavy atom. The molecule has 0 fully saturated rings. The van der Waals surface area contributed by atoms with Crippen LogP contribution in [0.1, 0.15) is 12.8 Å². The summed E-state index contributed by atoms with van der Waals surface area (Å²) in [7, 11) is 0. The van der Waals surface area contributed by atoms with Gasteiger partial charge in [0.25, 0.3) is 5.91 Å². The van der Waals surface area contributed by atoms with E-state index in [2.05, 4.69) is 5.32 Å². The first-order valence-electron chi connectivity index (χ1n) is 4.60. The average Bonchev–Trinajstić information content (AvgIpc) is 2.26. The molecule has 0 saturated heterocycles. The lowest BCUT2D eigenvalue weighted by molar-refractivity contribution is -0.125. The van der Waals surface area contributed by atoms with E-state index in [9.17, 15) is 9.59 Å². The zero-order valence-electron chi connectivity index (χ0n) is 8.13. The molecule has 0 saturated carbocycles. The standard InChI is InChI=1S/C10H12ClN2O2/c11-6-8(14)13-9(10(12)15)7-4-2-1-3-5-7/h1-2,5,9,12H,3-4,6H2,(H,13,14). The Balaban J connectivity index is 2.69. The molecule has 2 N–H and O–H groups in total. The molecule has 4 nitrogen and oxygen atoms in total. The third-order valence-corrected chi connectivity index (χ3v) is 2.34. The summed E-state index contributed by atoms with van der Waals surface area (Å²) in [6.07, 6.45) is 7.07. The molecule has 5 heteroatoms. The van der Waals surface area contributed by atoms with Gasteiger partial charge in [0.1, 0.15) is 11.9 Å². The smallest absolute Gasteiger partial charge is 0.265 e. The fraction of sp³-hybridized carbons (Fsp3) is 0.400. The van der Waals surface area contributed by atoms with Crippen molar-refractivity contribution in [1.29, 1.82) is 0 Å². The van der Waals surface area contributed by atoms with Crippen LogP contribution in [-0.4, -0.2) is 23.7 Å². The molecule has 1 radical (unpaired) electrons. The van der Waals surface area contributed by atoms with E-state index < -0.39 is 17.9 Å². The van der Waals surface area contributed by atoms with Gasteiger partial charge in [0, 0.05) is 0 Å². The number of hydrogen-bond acceptors (Lipinski definition) is 2. The molecule has 0 aromatic rings. The average molecular weight is 228 g/mol. The van der Waals surface area contributed by atoms with Crippen LogP contribution < -0.4 is 11.1 Å².